The van der Waals surface area contributed by atoms with Crippen LogP contribution in [0.15, 0.2) is 18.3 Å². The molecule has 10 heteroatoms. The van der Waals surface area contributed by atoms with E-state index in [1.54, 1.807) is 6.20 Å². The Hall–Kier alpha value is -2.72. The summed E-state index contributed by atoms with van der Waals surface area (Å²) in [5.41, 5.74) is 3.78. The van der Waals surface area contributed by atoms with Crippen molar-refractivity contribution in [1.29, 1.82) is 0 Å². The number of carbonyl (C=O) groups is 2. The molecule has 0 saturated heterocycles. The molecule has 2 N–H and O–H groups in total. The van der Waals surface area contributed by atoms with Gasteiger partial charge in [-0.3, -0.25) is 9.78 Å². The molecular weight excluding hydrogens is 607 g/mol. The molecule has 2 amide bonds. The highest BCUT2D eigenvalue weighted by Gasteiger charge is 2.41. The lowest BCUT2D eigenvalue weighted by Gasteiger charge is -2.42. The first-order valence-electron chi connectivity index (χ1n) is 18.2. The van der Waals surface area contributed by atoms with Crippen molar-refractivity contribution in [2.24, 2.45) is 17.8 Å². The van der Waals surface area contributed by atoms with Crippen molar-refractivity contribution < 1.29 is 19.1 Å². The van der Waals surface area contributed by atoms with E-state index in [1.807, 2.05) is 44.5 Å². The van der Waals surface area contributed by atoms with Gasteiger partial charge in [-0.15, -0.1) is 0 Å². The predicted octanol–water partition coefficient (Wildman–Crippen LogP) is 8.74. The van der Waals surface area contributed by atoms with E-state index in [-0.39, 0.29) is 11.8 Å². The van der Waals surface area contributed by atoms with Crippen LogP contribution in [-0.2, 0) is 27.4 Å². The zero-order chi connectivity index (χ0) is 34.2. The number of hydrogen-bond acceptors (Lipinski definition) is 6. The summed E-state index contributed by atoms with van der Waals surface area (Å²) in [6.07, 6.45) is 13.6. The van der Waals surface area contributed by atoms with Crippen LogP contribution in [0.1, 0.15) is 103 Å². The lowest BCUT2D eigenvalue weighted by Crippen LogP contribution is -2.54. The highest BCUT2D eigenvalue weighted by molar-refractivity contribution is 6.76. The second-order valence-corrected chi connectivity index (χ2v) is 21.6. The van der Waals surface area contributed by atoms with Gasteiger partial charge in [-0.1, -0.05) is 90.8 Å². The number of rotatable bonds is 13. The van der Waals surface area contributed by atoms with Gasteiger partial charge in [0, 0.05) is 20.2 Å². The molecule has 4 rings (SSSR count). The summed E-state index contributed by atoms with van der Waals surface area (Å²) in [6.45, 7) is 17.9. The number of carbonyl (C=O) groups excluding carboxylic acids is 2. The standard InChI is InChI=1S/C37H61N5O4Si/c1-9-31-32(26(2)41-42(31)25-45-22-23-47(6,7)8)30-21-20-29(24-38-30)39-35(43)34(40-36(44)46-37(3,4)5)33(27-16-12-10-13-17-27)28-18-14-11-15-19-28/h20-21,24,27-28,33-34H,9-19,22-23,25H2,1-8H3,(H,39,43)(H,40,44)/t34-/m0/s1. The third-order valence-corrected chi connectivity index (χ3v) is 11.5. The van der Waals surface area contributed by atoms with E-state index in [9.17, 15) is 9.59 Å². The summed E-state index contributed by atoms with van der Waals surface area (Å²) in [5, 5.41) is 11.0. The van der Waals surface area contributed by atoms with E-state index in [4.69, 9.17) is 19.6 Å². The molecule has 0 aromatic carbocycles. The van der Waals surface area contributed by atoms with E-state index in [0.717, 1.165) is 67.4 Å². The van der Waals surface area contributed by atoms with Crippen LogP contribution < -0.4 is 10.6 Å². The Labute approximate surface area is 284 Å². The van der Waals surface area contributed by atoms with E-state index < -0.39 is 25.8 Å². The number of aromatic nitrogens is 3. The number of ether oxygens (including phenoxy) is 2. The molecule has 47 heavy (non-hydrogen) atoms. The Morgan fingerprint density at radius 3 is 2.13 bits per heavy atom. The van der Waals surface area contributed by atoms with Gasteiger partial charge >= 0.3 is 6.09 Å². The van der Waals surface area contributed by atoms with Gasteiger partial charge in [0.25, 0.3) is 0 Å². The van der Waals surface area contributed by atoms with Crippen molar-refractivity contribution in [2.45, 2.75) is 149 Å². The zero-order valence-corrected chi connectivity index (χ0v) is 31.4. The summed E-state index contributed by atoms with van der Waals surface area (Å²) < 4.78 is 13.7. The lowest BCUT2D eigenvalue weighted by molar-refractivity contribution is -0.121. The minimum Gasteiger partial charge on any atom is -0.444 e. The van der Waals surface area contributed by atoms with E-state index in [0.29, 0.717) is 24.3 Å². The molecule has 2 aliphatic carbocycles. The molecule has 2 aromatic heterocycles. The van der Waals surface area contributed by atoms with Crippen LogP contribution in [0.3, 0.4) is 0 Å². The smallest absolute Gasteiger partial charge is 0.408 e. The van der Waals surface area contributed by atoms with Crippen molar-refractivity contribution in [3.05, 3.63) is 29.7 Å². The number of alkyl carbamates (subject to hydrolysis) is 1. The molecule has 262 valence electrons. The molecule has 0 unspecified atom stereocenters. The van der Waals surface area contributed by atoms with Crippen molar-refractivity contribution >= 4 is 25.8 Å². The maximum atomic E-state index is 14.2. The van der Waals surface area contributed by atoms with Crippen molar-refractivity contribution in [1.82, 2.24) is 20.1 Å². The Kier molecular flexibility index (Phi) is 13.1. The van der Waals surface area contributed by atoms with Gasteiger partial charge in [0.05, 0.1) is 29.0 Å². The van der Waals surface area contributed by atoms with Crippen LogP contribution in [0.25, 0.3) is 11.3 Å². The van der Waals surface area contributed by atoms with E-state index >= 15 is 0 Å². The molecular formula is C37H61N5O4Si. The predicted molar refractivity (Wildman–Crippen MR) is 192 cm³/mol. The summed E-state index contributed by atoms with van der Waals surface area (Å²) in [7, 11) is -1.16. The highest BCUT2D eigenvalue weighted by atomic mass is 28.3. The van der Waals surface area contributed by atoms with Gasteiger partial charge in [0.15, 0.2) is 0 Å². The van der Waals surface area contributed by atoms with Gasteiger partial charge in [0.1, 0.15) is 18.4 Å². The quantitative estimate of drug-likeness (QED) is 0.163. The van der Waals surface area contributed by atoms with Crippen molar-refractivity contribution in [2.75, 3.05) is 11.9 Å². The van der Waals surface area contributed by atoms with Crippen LogP contribution in [-0.4, -0.2) is 53.1 Å². The lowest BCUT2D eigenvalue weighted by atomic mass is 9.66. The first kappa shape index (κ1) is 37.1. The second kappa shape index (κ2) is 16.6. The summed E-state index contributed by atoms with van der Waals surface area (Å²) in [6, 6.07) is 4.29. The van der Waals surface area contributed by atoms with Gasteiger partial charge in [-0.2, -0.15) is 5.10 Å². The Morgan fingerprint density at radius 2 is 1.62 bits per heavy atom. The molecule has 2 aliphatic rings. The molecule has 0 radical (unpaired) electrons. The topological polar surface area (TPSA) is 107 Å². The molecule has 2 saturated carbocycles. The molecule has 2 fully saturated rings. The number of hydrogen-bond donors (Lipinski definition) is 2. The molecule has 9 nitrogen and oxygen atoms in total. The summed E-state index contributed by atoms with van der Waals surface area (Å²) in [5.74, 6) is 0.693. The molecule has 0 spiro atoms. The number of anilines is 1. The van der Waals surface area contributed by atoms with Gasteiger partial charge < -0.3 is 20.1 Å². The number of nitrogens with zero attached hydrogens (tertiary/aromatic N) is 3. The molecule has 0 aliphatic heterocycles. The Bertz CT molecular complexity index is 1280. The van der Waals surface area contributed by atoms with Crippen molar-refractivity contribution in [3.63, 3.8) is 0 Å². The maximum absolute atomic E-state index is 14.2. The first-order valence-corrected chi connectivity index (χ1v) is 21.9. The average molecular weight is 668 g/mol. The number of nitrogens with one attached hydrogen (secondary N) is 2. The second-order valence-electron chi connectivity index (χ2n) is 16.0. The van der Waals surface area contributed by atoms with Crippen LogP contribution in [0.4, 0.5) is 10.5 Å². The van der Waals surface area contributed by atoms with E-state index in [1.165, 1.54) is 38.5 Å². The van der Waals surface area contributed by atoms with Gasteiger partial charge in [0.2, 0.25) is 5.91 Å². The Morgan fingerprint density at radius 1 is 1.00 bits per heavy atom. The normalized spacial score (nSPS) is 17.5. The fourth-order valence-electron chi connectivity index (χ4n) is 7.53. The van der Waals surface area contributed by atoms with Crippen molar-refractivity contribution in [3.8, 4) is 11.3 Å². The van der Waals surface area contributed by atoms with Gasteiger partial charge in [-0.25, -0.2) is 9.48 Å². The monoisotopic (exact) mass is 667 g/mol. The number of amides is 2. The fraction of sp³-hybridized carbons (Fsp3) is 0.730. The van der Waals surface area contributed by atoms with Crippen LogP contribution in [0.5, 0.6) is 0 Å². The third kappa shape index (κ3) is 10.9. The molecule has 2 aromatic rings. The fourth-order valence-corrected chi connectivity index (χ4v) is 8.29. The van der Waals surface area contributed by atoms with Crippen LogP contribution in [0, 0.1) is 24.7 Å². The van der Waals surface area contributed by atoms with Crippen LogP contribution in [0.2, 0.25) is 25.7 Å². The Balaban J connectivity index is 1.54. The molecule has 2 heterocycles. The zero-order valence-electron chi connectivity index (χ0n) is 30.4. The average Bonchev–Trinajstić information content (AvgIpc) is 3.33. The molecule has 0 bridgehead atoms. The minimum absolute atomic E-state index is 0.0731. The largest absolute Gasteiger partial charge is 0.444 e. The summed E-state index contributed by atoms with van der Waals surface area (Å²) >= 11 is 0. The highest BCUT2D eigenvalue weighted by Crippen LogP contribution is 2.42. The third-order valence-electron chi connectivity index (χ3n) is 9.79. The maximum Gasteiger partial charge on any atom is 0.408 e. The first-order chi connectivity index (χ1) is 22.3. The number of pyridine rings is 1. The number of aryl methyl sites for hydroxylation is 1. The summed E-state index contributed by atoms with van der Waals surface area (Å²) in [4.78, 5) is 32.2. The van der Waals surface area contributed by atoms with E-state index in [2.05, 4.69) is 37.2 Å². The van der Waals surface area contributed by atoms with Gasteiger partial charge in [-0.05, 0) is 70.0 Å². The van der Waals surface area contributed by atoms with Crippen LogP contribution >= 0.6 is 0 Å². The minimum atomic E-state index is -1.16. The SMILES string of the molecule is CCc1c(-c2ccc(NC(=O)[C@@H](NC(=O)OC(C)(C)C)C(C3CCCCC3)C3CCCCC3)cn2)c(C)nn1COCC[Si](C)(C)C. The molecule has 1 atom stereocenters.